The van der Waals surface area contributed by atoms with E-state index >= 15 is 0 Å². The van der Waals surface area contributed by atoms with Crippen molar-refractivity contribution in [2.75, 3.05) is 7.11 Å². The summed E-state index contributed by atoms with van der Waals surface area (Å²) in [6, 6.07) is 14.1. The van der Waals surface area contributed by atoms with E-state index in [1.165, 1.54) is 0 Å². The molecule has 0 aliphatic heterocycles. The van der Waals surface area contributed by atoms with Gasteiger partial charge in [0.1, 0.15) is 17.3 Å². The second-order valence-electron chi connectivity index (χ2n) is 9.46. The highest BCUT2D eigenvalue weighted by atomic mass is 32.1. The fraction of sp³-hybridized carbons (Fsp3) is 0.444. The number of benzene rings is 2. The van der Waals surface area contributed by atoms with Crippen LogP contribution in [-0.4, -0.2) is 46.8 Å². The summed E-state index contributed by atoms with van der Waals surface area (Å²) in [5, 5.41) is 14.8. The second-order valence-corrected chi connectivity index (χ2v) is 10.0. The lowest BCUT2D eigenvalue weighted by molar-refractivity contribution is -0.143. The molecule has 1 aliphatic carbocycles. The van der Waals surface area contributed by atoms with Crippen LogP contribution in [0.3, 0.4) is 0 Å². The van der Waals surface area contributed by atoms with Crippen molar-refractivity contribution in [3.05, 3.63) is 54.1 Å². The van der Waals surface area contributed by atoms with Gasteiger partial charge in [-0.05, 0) is 47.6 Å². The molecule has 0 heterocycles. The Hall–Kier alpha value is -3.00. The van der Waals surface area contributed by atoms with E-state index in [-0.39, 0.29) is 18.2 Å². The number of amides is 2. The summed E-state index contributed by atoms with van der Waals surface area (Å²) < 4.78 is 5.28. The Bertz CT molecular complexity index is 1050. The smallest absolute Gasteiger partial charge is 0.326 e. The van der Waals surface area contributed by atoms with Gasteiger partial charge in [0.15, 0.2) is 0 Å². The number of rotatable bonds is 10. The van der Waals surface area contributed by atoms with E-state index in [2.05, 4.69) is 23.3 Å². The molecule has 8 heteroatoms. The summed E-state index contributed by atoms with van der Waals surface area (Å²) in [7, 11) is 1.62. The van der Waals surface area contributed by atoms with Gasteiger partial charge in [0.25, 0.3) is 0 Å². The number of methoxy groups -OCH3 is 1. The average molecular weight is 499 g/mol. The first kappa shape index (κ1) is 26.6. The molecule has 0 radical (unpaired) electrons. The zero-order valence-corrected chi connectivity index (χ0v) is 21.3. The highest BCUT2D eigenvalue weighted by Crippen LogP contribution is 2.31. The lowest BCUT2D eigenvalue weighted by Crippen LogP contribution is -2.61. The Morgan fingerprint density at radius 3 is 2.29 bits per heavy atom. The van der Waals surface area contributed by atoms with E-state index in [4.69, 9.17) is 4.74 Å². The standard InChI is InChI=1S/C27H34N2O5S/c1-17(2)23(35)24(30)29-27(13-4-5-14-27)26(33)28-22(25(31)32)15-18-9-11-19(12-10-18)20-7-6-8-21(16-20)34-3/h6-12,16-17,22-23,35H,4-5,13-15H2,1-3H3,(H,28,33)(H,29,30)(H,31,32)/t22?,23-/m0/s1. The van der Waals surface area contributed by atoms with Gasteiger partial charge >= 0.3 is 5.97 Å². The van der Waals surface area contributed by atoms with Gasteiger partial charge < -0.3 is 20.5 Å². The van der Waals surface area contributed by atoms with E-state index < -0.39 is 28.7 Å². The average Bonchev–Trinajstić information content (AvgIpc) is 3.33. The number of aliphatic carboxylic acids is 1. The molecule has 0 saturated heterocycles. The Balaban J connectivity index is 1.71. The highest BCUT2D eigenvalue weighted by molar-refractivity contribution is 7.81. The lowest BCUT2D eigenvalue weighted by Gasteiger charge is -2.32. The maximum Gasteiger partial charge on any atom is 0.326 e. The van der Waals surface area contributed by atoms with Crippen LogP contribution >= 0.6 is 12.6 Å². The van der Waals surface area contributed by atoms with E-state index in [0.29, 0.717) is 12.8 Å². The molecular formula is C27H34N2O5S. The minimum atomic E-state index is -1.12. The molecule has 2 amide bonds. The molecule has 0 bridgehead atoms. The summed E-state index contributed by atoms with van der Waals surface area (Å²) in [6.07, 6.45) is 2.66. The Kier molecular flexibility index (Phi) is 8.83. The van der Waals surface area contributed by atoms with Crippen LogP contribution in [0.25, 0.3) is 11.1 Å². The van der Waals surface area contributed by atoms with Crippen LogP contribution in [-0.2, 0) is 20.8 Å². The van der Waals surface area contributed by atoms with Crippen LogP contribution in [0.4, 0.5) is 0 Å². The molecule has 188 valence electrons. The van der Waals surface area contributed by atoms with Crippen molar-refractivity contribution in [2.24, 2.45) is 5.92 Å². The largest absolute Gasteiger partial charge is 0.497 e. The number of carboxylic acid groups (broad SMARTS) is 1. The molecule has 2 atom stereocenters. The zero-order valence-electron chi connectivity index (χ0n) is 20.4. The summed E-state index contributed by atoms with van der Waals surface area (Å²) in [4.78, 5) is 37.9. The van der Waals surface area contributed by atoms with Crippen LogP contribution in [0.5, 0.6) is 5.75 Å². The SMILES string of the molecule is COc1cccc(-c2ccc(CC(NC(=O)C3(NC(=O)[C@@H](S)C(C)C)CCCC3)C(=O)O)cc2)c1. The highest BCUT2D eigenvalue weighted by Gasteiger charge is 2.44. The first-order chi connectivity index (χ1) is 16.6. The molecule has 1 aliphatic rings. The number of nitrogens with one attached hydrogen (secondary N) is 2. The van der Waals surface area contributed by atoms with Gasteiger partial charge in [-0.3, -0.25) is 9.59 Å². The van der Waals surface area contributed by atoms with Crippen molar-refractivity contribution in [3.63, 3.8) is 0 Å². The normalized spacial score (nSPS) is 16.4. The van der Waals surface area contributed by atoms with Crippen LogP contribution < -0.4 is 15.4 Å². The predicted molar refractivity (Wildman–Crippen MR) is 139 cm³/mol. The third-order valence-electron chi connectivity index (χ3n) is 6.55. The Morgan fingerprint density at radius 1 is 1.06 bits per heavy atom. The minimum Gasteiger partial charge on any atom is -0.497 e. The summed E-state index contributed by atoms with van der Waals surface area (Å²) in [5.41, 5.74) is 1.64. The van der Waals surface area contributed by atoms with Crippen molar-refractivity contribution in [1.29, 1.82) is 0 Å². The van der Waals surface area contributed by atoms with Crippen molar-refractivity contribution in [2.45, 2.75) is 62.8 Å². The monoisotopic (exact) mass is 498 g/mol. The van der Waals surface area contributed by atoms with Crippen LogP contribution in [0.15, 0.2) is 48.5 Å². The number of carbonyl (C=O) groups excluding carboxylic acids is 2. The summed E-state index contributed by atoms with van der Waals surface area (Å²) in [6.45, 7) is 3.78. The predicted octanol–water partition coefficient (Wildman–Crippen LogP) is 3.86. The van der Waals surface area contributed by atoms with Crippen LogP contribution in [0, 0.1) is 5.92 Å². The molecular weight excluding hydrogens is 464 g/mol. The molecule has 1 saturated carbocycles. The third-order valence-corrected chi connectivity index (χ3v) is 7.39. The van der Waals surface area contributed by atoms with Crippen LogP contribution in [0.2, 0.25) is 0 Å². The van der Waals surface area contributed by atoms with E-state index in [1.54, 1.807) is 7.11 Å². The van der Waals surface area contributed by atoms with Crippen molar-refractivity contribution < 1.29 is 24.2 Å². The molecule has 35 heavy (non-hydrogen) atoms. The number of thiol groups is 1. The van der Waals surface area contributed by atoms with Gasteiger partial charge in [0, 0.05) is 6.42 Å². The topological polar surface area (TPSA) is 105 Å². The zero-order chi connectivity index (χ0) is 25.6. The second kappa shape index (κ2) is 11.6. The van der Waals surface area contributed by atoms with Gasteiger partial charge in [0.2, 0.25) is 11.8 Å². The maximum atomic E-state index is 13.3. The third kappa shape index (κ3) is 6.57. The molecule has 3 rings (SSSR count). The van der Waals surface area contributed by atoms with Gasteiger partial charge in [0.05, 0.1) is 12.4 Å². The quantitative estimate of drug-likeness (QED) is 0.373. The van der Waals surface area contributed by atoms with Gasteiger partial charge in [-0.1, -0.05) is 63.1 Å². The van der Waals surface area contributed by atoms with Gasteiger partial charge in [-0.25, -0.2) is 4.79 Å². The van der Waals surface area contributed by atoms with Crippen molar-refractivity contribution in [3.8, 4) is 16.9 Å². The molecule has 0 spiro atoms. The number of ether oxygens (including phenoxy) is 1. The molecule has 2 aromatic rings. The van der Waals surface area contributed by atoms with Crippen LogP contribution in [0.1, 0.15) is 45.1 Å². The van der Waals surface area contributed by atoms with E-state index in [9.17, 15) is 19.5 Å². The Morgan fingerprint density at radius 2 is 1.71 bits per heavy atom. The molecule has 2 aromatic carbocycles. The molecule has 7 nitrogen and oxygen atoms in total. The lowest BCUT2D eigenvalue weighted by atomic mass is 9.94. The summed E-state index contributed by atoms with van der Waals surface area (Å²) >= 11 is 4.37. The van der Waals surface area contributed by atoms with Crippen molar-refractivity contribution in [1.82, 2.24) is 10.6 Å². The maximum absolute atomic E-state index is 13.3. The summed E-state index contributed by atoms with van der Waals surface area (Å²) in [5.74, 6) is -1.12. The fourth-order valence-electron chi connectivity index (χ4n) is 4.37. The minimum absolute atomic E-state index is 0.00607. The number of carboxylic acids is 1. The molecule has 3 N–H and O–H groups in total. The van der Waals surface area contributed by atoms with E-state index in [1.807, 2.05) is 62.4 Å². The van der Waals surface area contributed by atoms with E-state index in [0.717, 1.165) is 35.3 Å². The number of hydrogen-bond acceptors (Lipinski definition) is 5. The van der Waals surface area contributed by atoms with Gasteiger partial charge in [-0.15, -0.1) is 0 Å². The first-order valence-corrected chi connectivity index (χ1v) is 12.4. The number of carbonyl (C=O) groups is 3. The first-order valence-electron chi connectivity index (χ1n) is 11.9. The fourth-order valence-corrected chi connectivity index (χ4v) is 4.43. The molecule has 1 fully saturated rings. The molecule has 0 aromatic heterocycles. The van der Waals surface area contributed by atoms with Crippen molar-refractivity contribution >= 4 is 30.4 Å². The molecule has 1 unspecified atom stereocenters. The number of hydrogen-bond donors (Lipinski definition) is 4. The van der Waals surface area contributed by atoms with Gasteiger partial charge in [-0.2, -0.15) is 12.6 Å². The Labute approximate surface area is 212 Å².